The maximum Gasteiger partial charge on any atom is 0.0574 e. The van der Waals surface area contributed by atoms with Gasteiger partial charge in [-0.2, -0.15) is 0 Å². The van der Waals surface area contributed by atoms with Crippen LogP contribution < -0.4 is 4.90 Å². The minimum Gasteiger partial charge on any atom is -0.343 e. The average molecular weight is 525 g/mol. The van der Waals surface area contributed by atoms with E-state index in [1.807, 2.05) is 0 Å². The quantitative estimate of drug-likeness (QED) is 0.208. The van der Waals surface area contributed by atoms with Crippen molar-refractivity contribution in [3.8, 4) is 11.1 Å². The van der Waals surface area contributed by atoms with E-state index >= 15 is 0 Å². The molecule has 0 fully saturated rings. The summed E-state index contributed by atoms with van der Waals surface area (Å²) < 4.78 is 2.36. The molecule has 7 aromatic carbocycles. The Morgan fingerprint density at radius 3 is 1.54 bits per heavy atom. The highest BCUT2D eigenvalue weighted by Gasteiger charge is 2.17. The van der Waals surface area contributed by atoms with Gasteiger partial charge in [0.05, 0.1) is 5.52 Å². The van der Waals surface area contributed by atoms with Crippen LogP contribution in [0, 0.1) is 0 Å². The number of rotatable bonds is 4. The van der Waals surface area contributed by atoms with Gasteiger partial charge < -0.3 is 9.47 Å². The van der Waals surface area contributed by atoms with Gasteiger partial charge in [0.15, 0.2) is 0 Å². The lowest BCUT2D eigenvalue weighted by Gasteiger charge is -2.25. The fourth-order valence-corrected chi connectivity index (χ4v) is 6.48. The molecule has 0 radical (unpaired) electrons. The van der Waals surface area contributed by atoms with Crippen molar-refractivity contribution in [1.82, 2.24) is 4.57 Å². The van der Waals surface area contributed by atoms with Crippen LogP contribution in [0.5, 0.6) is 0 Å². The largest absolute Gasteiger partial charge is 0.343 e. The molecule has 194 valence electrons. The minimum atomic E-state index is 1.13. The molecule has 8 aromatic rings. The van der Waals surface area contributed by atoms with Crippen molar-refractivity contribution in [3.63, 3.8) is 0 Å². The summed E-state index contributed by atoms with van der Waals surface area (Å²) >= 11 is 0. The average Bonchev–Trinajstić information content (AvgIpc) is 3.34. The Labute approximate surface area is 239 Å². The lowest BCUT2D eigenvalue weighted by atomic mass is 9.95. The number of fused-ring (bicyclic) bond motifs is 8. The number of aryl methyl sites for hydroxylation is 1. The molecule has 1 aromatic heterocycles. The number of benzene rings is 7. The lowest BCUT2D eigenvalue weighted by molar-refractivity contribution is 1.02. The van der Waals surface area contributed by atoms with Crippen molar-refractivity contribution in [2.75, 3.05) is 4.90 Å². The Hall–Kier alpha value is -5.34. The molecule has 41 heavy (non-hydrogen) atoms. The third-order valence-electron chi connectivity index (χ3n) is 8.36. The summed E-state index contributed by atoms with van der Waals surface area (Å²) in [5.41, 5.74) is 8.39. The Morgan fingerprint density at radius 1 is 0.415 bits per heavy atom. The first kappa shape index (κ1) is 23.5. The molecular formula is C39H28N2. The summed E-state index contributed by atoms with van der Waals surface area (Å²) in [6.07, 6.45) is 0. The lowest BCUT2D eigenvalue weighted by Crippen LogP contribution is -2.09. The van der Waals surface area contributed by atoms with Crippen LogP contribution in [-0.2, 0) is 7.05 Å². The minimum absolute atomic E-state index is 1.13. The van der Waals surface area contributed by atoms with E-state index < -0.39 is 0 Å². The summed E-state index contributed by atoms with van der Waals surface area (Å²) in [6, 6.07) is 54.6. The Bertz CT molecular complexity index is 2150. The third-order valence-corrected chi connectivity index (χ3v) is 8.36. The summed E-state index contributed by atoms with van der Waals surface area (Å²) in [5, 5.41) is 7.84. The maximum absolute atomic E-state index is 2.38. The first-order valence-electron chi connectivity index (χ1n) is 14.1. The fourth-order valence-electron chi connectivity index (χ4n) is 6.48. The molecule has 0 saturated heterocycles. The molecule has 0 amide bonds. The van der Waals surface area contributed by atoms with Crippen LogP contribution in [0.3, 0.4) is 0 Å². The second-order valence-corrected chi connectivity index (χ2v) is 10.7. The van der Waals surface area contributed by atoms with Gasteiger partial charge in [0, 0.05) is 45.8 Å². The zero-order valence-electron chi connectivity index (χ0n) is 22.8. The molecule has 8 rings (SSSR count). The van der Waals surface area contributed by atoms with Crippen molar-refractivity contribution >= 4 is 60.4 Å². The molecule has 0 atom stereocenters. The van der Waals surface area contributed by atoms with Gasteiger partial charge >= 0.3 is 0 Å². The SMILES string of the molecule is Cn1c2ccc(-c3ccc(N(c4ccccc4)c4ccccc4)cc3)cc2c2c3ccccc3c3ccccc3c21. The van der Waals surface area contributed by atoms with Crippen LogP contribution in [0.1, 0.15) is 0 Å². The molecule has 2 nitrogen and oxygen atoms in total. The van der Waals surface area contributed by atoms with E-state index in [9.17, 15) is 0 Å². The van der Waals surface area contributed by atoms with Crippen molar-refractivity contribution in [3.05, 3.63) is 152 Å². The van der Waals surface area contributed by atoms with E-state index in [0.717, 1.165) is 17.1 Å². The summed E-state index contributed by atoms with van der Waals surface area (Å²) in [5.74, 6) is 0. The first-order valence-corrected chi connectivity index (χ1v) is 14.1. The normalized spacial score (nSPS) is 11.5. The fraction of sp³-hybridized carbons (Fsp3) is 0.0256. The topological polar surface area (TPSA) is 8.17 Å². The molecule has 0 bridgehead atoms. The van der Waals surface area contributed by atoms with Crippen LogP contribution in [-0.4, -0.2) is 4.57 Å². The van der Waals surface area contributed by atoms with E-state index in [0.29, 0.717) is 0 Å². The standard InChI is InChI=1S/C39H28N2/c1-40-37-25-22-28(26-36(37)38-34-18-10-8-16-32(34)33-17-9-11-19-35(33)39(38)40)27-20-23-31(24-21-27)41(29-12-4-2-5-13-29)30-14-6-3-7-15-30/h2-26H,1H3. The molecule has 0 aliphatic heterocycles. The highest BCUT2D eigenvalue weighted by molar-refractivity contribution is 6.31. The van der Waals surface area contributed by atoms with Crippen LogP contribution >= 0.6 is 0 Å². The highest BCUT2D eigenvalue weighted by Crippen LogP contribution is 2.42. The molecule has 1 heterocycles. The van der Waals surface area contributed by atoms with Gasteiger partial charge in [-0.3, -0.25) is 0 Å². The van der Waals surface area contributed by atoms with Crippen LogP contribution in [0.4, 0.5) is 17.1 Å². The second-order valence-electron chi connectivity index (χ2n) is 10.7. The van der Waals surface area contributed by atoms with Crippen molar-refractivity contribution in [1.29, 1.82) is 0 Å². The molecule has 0 aliphatic rings. The predicted octanol–water partition coefficient (Wildman–Crippen LogP) is 10.8. The van der Waals surface area contributed by atoms with Gasteiger partial charge in [-0.05, 0) is 75.8 Å². The van der Waals surface area contributed by atoms with E-state index in [4.69, 9.17) is 0 Å². The number of anilines is 3. The first-order chi connectivity index (χ1) is 20.3. The van der Waals surface area contributed by atoms with Crippen LogP contribution in [0.15, 0.2) is 152 Å². The smallest absolute Gasteiger partial charge is 0.0574 e. The van der Waals surface area contributed by atoms with E-state index in [1.54, 1.807) is 0 Å². The molecule has 2 heteroatoms. The predicted molar refractivity (Wildman–Crippen MR) is 176 cm³/mol. The van der Waals surface area contributed by atoms with E-state index in [-0.39, 0.29) is 0 Å². The number of aromatic nitrogens is 1. The third kappa shape index (κ3) is 3.72. The summed E-state index contributed by atoms with van der Waals surface area (Å²) in [6.45, 7) is 0. The van der Waals surface area contributed by atoms with Gasteiger partial charge in [0.2, 0.25) is 0 Å². The Balaban J connectivity index is 1.30. The molecule has 0 N–H and O–H groups in total. The summed E-state index contributed by atoms with van der Waals surface area (Å²) in [7, 11) is 2.20. The number of para-hydroxylation sites is 2. The van der Waals surface area contributed by atoms with Gasteiger partial charge in [0.1, 0.15) is 0 Å². The number of hydrogen-bond donors (Lipinski definition) is 0. The van der Waals surface area contributed by atoms with Gasteiger partial charge in [-0.15, -0.1) is 0 Å². The van der Waals surface area contributed by atoms with Crippen molar-refractivity contribution in [2.45, 2.75) is 0 Å². The van der Waals surface area contributed by atoms with Crippen LogP contribution in [0.2, 0.25) is 0 Å². The van der Waals surface area contributed by atoms with Gasteiger partial charge in [-0.1, -0.05) is 103 Å². The molecule has 0 unspecified atom stereocenters. The van der Waals surface area contributed by atoms with Crippen molar-refractivity contribution in [2.24, 2.45) is 7.05 Å². The number of hydrogen-bond acceptors (Lipinski definition) is 1. The Kier molecular flexibility index (Phi) is 5.39. The molecule has 0 saturated carbocycles. The zero-order valence-corrected chi connectivity index (χ0v) is 22.8. The highest BCUT2D eigenvalue weighted by atomic mass is 15.1. The van der Waals surface area contributed by atoms with Gasteiger partial charge in [0.25, 0.3) is 0 Å². The van der Waals surface area contributed by atoms with Gasteiger partial charge in [-0.25, -0.2) is 0 Å². The zero-order chi connectivity index (χ0) is 27.3. The second kappa shape index (κ2) is 9.39. The molecule has 0 spiro atoms. The van der Waals surface area contributed by atoms with E-state index in [1.165, 1.54) is 54.5 Å². The Morgan fingerprint density at radius 2 is 0.902 bits per heavy atom. The molecular weight excluding hydrogens is 496 g/mol. The molecule has 0 aliphatic carbocycles. The maximum atomic E-state index is 2.38. The number of nitrogens with zero attached hydrogens (tertiary/aromatic N) is 2. The van der Waals surface area contributed by atoms with E-state index in [2.05, 4.69) is 168 Å². The van der Waals surface area contributed by atoms with Crippen molar-refractivity contribution < 1.29 is 0 Å². The summed E-state index contributed by atoms with van der Waals surface area (Å²) in [4.78, 5) is 2.30. The van der Waals surface area contributed by atoms with Crippen LogP contribution in [0.25, 0.3) is 54.5 Å². The monoisotopic (exact) mass is 524 g/mol.